The van der Waals surface area contributed by atoms with E-state index >= 15 is 0 Å². The summed E-state index contributed by atoms with van der Waals surface area (Å²) in [4.78, 5) is 16.0. The molecular weight excluding hydrogens is 544 g/mol. The smallest absolute Gasteiger partial charge is 0.434 e. The number of rotatable bonds is 10. The number of nitrogens with zero attached hydrogens (tertiary/aromatic N) is 6. The highest BCUT2D eigenvalue weighted by Crippen LogP contribution is 2.32. The molecule has 4 rings (SSSR count). The number of fused-ring (bicyclic) bond motifs is 1. The lowest BCUT2D eigenvalue weighted by atomic mass is 10.2. The van der Waals surface area contributed by atoms with Crippen LogP contribution in [0, 0.1) is 5.82 Å². The van der Waals surface area contributed by atoms with Gasteiger partial charge in [-0.2, -0.15) is 23.1 Å². The fourth-order valence-electron chi connectivity index (χ4n) is 3.62. The van der Waals surface area contributed by atoms with Gasteiger partial charge in [0.25, 0.3) is 0 Å². The standard InChI is InChI=1S/C24H27ClF4N6O2Si/c1-5-34-12-18(24(27,28)29)31-21(34)19-17(26)10-15(11-30-19)13-37-22-16-6-7-35(20(16)32-23(25)33-22)14-36-8-9-38(2,3)4/h6-7,10-12H,5,8-9,13-14H2,1-4H3. The molecular formula is C24H27ClF4N6O2Si. The zero-order chi connectivity index (χ0) is 27.7. The van der Waals surface area contributed by atoms with Crippen molar-refractivity contribution < 1.29 is 27.0 Å². The molecule has 0 aliphatic heterocycles. The van der Waals surface area contributed by atoms with Crippen LogP contribution in [0.3, 0.4) is 0 Å². The highest BCUT2D eigenvalue weighted by atomic mass is 35.5. The maximum absolute atomic E-state index is 14.9. The second-order valence-electron chi connectivity index (χ2n) is 9.86. The van der Waals surface area contributed by atoms with E-state index in [2.05, 4.69) is 39.6 Å². The van der Waals surface area contributed by atoms with Crippen LogP contribution in [0.2, 0.25) is 31.0 Å². The van der Waals surface area contributed by atoms with Crippen molar-refractivity contribution in [2.75, 3.05) is 6.61 Å². The Labute approximate surface area is 222 Å². The minimum absolute atomic E-state index is 0.0268. The lowest BCUT2D eigenvalue weighted by molar-refractivity contribution is -0.140. The summed E-state index contributed by atoms with van der Waals surface area (Å²) >= 11 is 6.12. The number of aromatic nitrogens is 6. The van der Waals surface area contributed by atoms with Crippen molar-refractivity contribution >= 4 is 30.7 Å². The summed E-state index contributed by atoms with van der Waals surface area (Å²) in [6, 6.07) is 3.94. The monoisotopic (exact) mass is 570 g/mol. The van der Waals surface area contributed by atoms with Crippen LogP contribution in [0.25, 0.3) is 22.6 Å². The summed E-state index contributed by atoms with van der Waals surface area (Å²) in [6.45, 7) is 9.44. The molecule has 0 aromatic carbocycles. The van der Waals surface area contributed by atoms with Crippen molar-refractivity contribution in [2.45, 2.75) is 58.7 Å². The number of hydrogen-bond acceptors (Lipinski definition) is 6. The molecule has 14 heteroatoms. The summed E-state index contributed by atoms with van der Waals surface area (Å²) in [5.41, 5.74) is -0.529. The summed E-state index contributed by atoms with van der Waals surface area (Å²) in [5.74, 6) is -0.836. The zero-order valence-corrected chi connectivity index (χ0v) is 23.1. The van der Waals surface area contributed by atoms with E-state index in [0.29, 0.717) is 29.9 Å². The van der Waals surface area contributed by atoms with Crippen LogP contribution in [-0.4, -0.2) is 43.8 Å². The van der Waals surface area contributed by atoms with Gasteiger partial charge in [-0.1, -0.05) is 19.6 Å². The Morgan fingerprint density at radius 1 is 1.11 bits per heavy atom. The van der Waals surface area contributed by atoms with Crippen LogP contribution in [-0.2, 0) is 30.8 Å². The van der Waals surface area contributed by atoms with E-state index in [0.717, 1.165) is 18.3 Å². The third kappa shape index (κ3) is 6.50. The Bertz CT molecular complexity index is 1430. The molecule has 4 aromatic heterocycles. The molecule has 0 atom stereocenters. The van der Waals surface area contributed by atoms with E-state index in [1.807, 2.05) is 0 Å². The SMILES string of the molecule is CCn1cc(C(F)(F)F)nc1-c1ncc(COc2nc(Cl)nc3c2ccn3COCC[Si](C)(C)C)cc1F. The maximum atomic E-state index is 14.9. The van der Waals surface area contributed by atoms with E-state index in [1.54, 1.807) is 23.8 Å². The number of alkyl halides is 3. The lowest BCUT2D eigenvalue weighted by Gasteiger charge is -2.15. The summed E-state index contributed by atoms with van der Waals surface area (Å²) < 4.78 is 68.8. The van der Waals surface area contributed by atoms with Crippen molar-refractivity contribution in [3.8, 4) is 17.4 Å². The van der Waals surface area contributed by atoms with E-state index in [-0.39, 0.29) is 35.8 Å². The van der Waals surface area contributed by atoms with Gasteiger partial charge in [-0.3, -0.25) is 0 Å². The minimum atomic E-state index is -4.65. The molecule has 0 aliphatic rings. The number of imidazole rings is 1. The fourth-order valence-corrected chi connectivity index (χ4v) is 4.54. The third-order valence-corrected chi connectivity index (χ3v) is 7.55. The molecule has 0 fully saturated rings. The molecule has 0 N–H and O–H groups in total. The number of pyridine rings is 1. The van der Waals surface area contributed by atoms with Crippen molar-refractivity contribution in [3.05, 3.63) is 53.1 Å². The molecule has 0 unspecified atom stereocenters. The fraction of sp³-hybridized carbons (Fsp3) is 0.417. The normalized spacial score (nSPS) is 12.4. The van der Waals surface area contributed by atoms with Gasteiger partial charge >= 0.3 is 6.18 Å². The molecule has 4 heterocycles. The van der Waals surface area contributed by atoms with Gasteiger partial charge in [-0.05, 0) is 36.7 Å². The zero-order valence-electron chi connectivity index (χ0n) is 21.3. The van der Waals surface area contributed by atoms with Crippen molar-refractivity contribution in [2.24, 2.45) is 0 Å². The number of ether oxygens (including phenoxy) is 2. The van der Waals surface area contributed by atoms with Gasteiger partial charge in [0.05, 0.1) is 5.39 Å². The van der Waals surface area contributed by atoms with Crippen LogP contribution in [0.1, 0.15) is 18.2 Å². The average molecular weight is 571 g/mol. The Kier molecular flexibility index (Phi) is 8.09. The van der Waals surface area contributed by atoms with Gasteiger partial charge in [-0.25, -0.2) is 14.4 Å². The third-order valence-electron chi connectivity index (χ3n) is 5.68. The van der Waals surface area contributed by atoms with Crippen LogP contribution in [0.15, 0.2) is 30.7 Å². The quantitative estimate of drug-likeness (QED) is 0.0948. The van der Waals surface area contributed by atoms with Crippen LogP contribution in [0.5, 0.6) is 5.88 Å². The van der Waals surface area contributed by atoms with Crippen molar-refractivity contribution in [1.29, 1.82) is 0 Å². The first kappa shape index (κ1) is 28.0. The van der Waals surface area contributed by atoms with Crippen molar-refractivity contribution in [3.63, 3.8) is 0 Å². The van der Waals surface area contributed by atoms with Gasteiger partial charge in [-0.15, -0.1) is 0 Å². The summed E-state index contributed by atoms with van der Waals surface area (Å²) in [7, 11) is -1.21. The average Bonchev–Trinajstić information content (AvgIpc) is 3.44. The maximum Gasteiger partial charge on any atom is 0.434 e. The van der Waals surface area contributed by atoms with Crippen molar-refractivity contribution in [1.82, 2.24) is 29.1 Å². The molecule has 38 heavy (non-hydrogen) atoms. The minimum Gasteiger partial charge on any atom is -0.472 e. The molecule has 0 radical (unpaired) electrons. The number of halogens is 5. The summed E-state index contributed by atoms with van der Waals surface area (Å²) in [5, 5.41) is 0.568. The largest absolute Gasteiger partial charge is 0.472 e. The Balaban J connectivity index is 1.50. The predicted octanol–water partition coefficient (Wildman–Crippen LogP) is 6.41. The van der Waals surface area contributed by atoms with E-state index in [4.69, 9.17) is 21.1 Å². The molecule has 8 nitrogen and oxygen atoms in total. The molecule has 204 valence electrons. The molecule has 4 aromatic rings. The summed E-state index contributed by atoms with van der Waals surface area (Å²) in [6.07, 6.45) is -0.709. The lowest BCUT2D eigenvalue weighted by Crippen LogP contribution is -2.22. The first-order chi connectivity index (χ1) is 17.9. The topological polar surface area (TPSA) is 79.9 Å². The van der Waals surface area contributed by atoms with E-state index in [9.17, 15) is 17.6 Å². The Morgan fingerprint density at radius 3 is 2.53 bits per heavy atom. The van der Waals surface area contributed by atoms with Gasteiger partial charge in [0.1, 0.15) is 19.0 Å². The first-order valence-electron chi connectivity index (χ1n) is 11.9. The molecule has 0 bridgehead atoms. The van der Waals surface area contributed by atoms with Gasteiger partial charge in [0.15, 0.2) is 23.0 Å². The molecule has 0 amide bonds. The first-order valence-corrected chi connectivity index (χ1v) is 16.0. The second kappa shape index (κ2) is 11.0. The van der Waals surface area contributed by atoms with E-state index in [1.165, 1.54) is 10.8 Å². The molecule has 0 saturated carbocycles. The number of hydrogen-bond donors (Lipinski definition) is 0. The van der Waals surface area contributed by atoms with Gasteiger partial charge in [0, 0.05) is 45.4 Å². The predicted molar refractivity (Wildman–Crippen MR) is 137 cm³/mol. The number of aryl methyl sites for hydroxylation is 1. The molecule has 0 saturated heterocycles. The van der Waals surface area contributed by atoms with Crippen LogP contribution >= 0.6 is 11.6 Å². The Morgan fingerprint density at radius 2 is 1.87 bits per heavy atom. The Hall–Kier alpha value is -3.03. The molecule has 0 aliphatic carbocycles. The second-order valence-corrected chi connectivity index (χ2v) is 15.8. The van der Waals surface area contributed by atoms with Crippen LogP contribution in [0.4, 0.5) is 17.6 Å². The van der Waals surface area contributed by atoms with Gasteiger partial charge in [0.2, 0.25) is 11.2 Å². The molecule has 0 spiro atoms. The highest BCUT2D eigenvalue weighted by molar-refractivity contribution is 6.76. The highest BCUT2D eigenvalue weighted by Gasteiger charge is 2.35. The van der Waals surface area contributed by atoms with Crippen LogP contribution < -0.4 is 4.74 Å². The van der Waals surface area contributed by atoms with E-state index < -0.39 is 25.8 Å². The van der Waals surface area contributed by atoms with Gasteiger partial charge < -0.3 is 18.6 Å².